The molecule has 106 valence electrons. The molecule has 0 saturated heterocycles. The zero-order chi connectivity index (χ0) is 14.5. The molecule has 19 heavy (non-hydrogen) atoms. The van der Waals surface area contributed by atoms with Crippen molar-refractivity contribution in [1.82, 2.24) is 0 Å². The average molecular weight is 266 g/mol. The van der Waals surface area contributed by atoms with Gasteiger partial charge in [0.25, 0.3) is 0 Å². The first-order valence-electron chi connectivity index (χ1n) is 6.77. The van der Waals surface area contributed by atoms with Gasteiger partial charge in [-0.2, -0.15) is 0 Å². The summed E-state index contributed by atoms with van der Waals surface area (Å²) < 4.78 is 0. The Morgan fingerprint density at radius 2 is 1.89 bits per heavy atom. The maximum atomic E-state index is 11.5. The van der Waals surface area contributed by atoms with Crippen LogP contribution in [0.4, 0.5) is 0 Å². The van der Waals surface area contributed by atoms with Gasteiger partial charge in [-0.1, -0.05) is 27.2 Å². The number of hydrogen-bond donors (Lipinski definition) is 2. The molecule has 0 radical (unpaired) electrons. The Hall–Kier alpha value is -1.00. The topological polar surface area (TPSA) is 74.6 Å². The Balaban J connectivity index is 2.66. The second kappa shape index (κ2) is 4.25. The quantitative estimate of drug-likeness (QED) is 0.738. The summed E-state index contributed by atoms with van der Waals surface area (Å²) in [6.45, 7) is 5.90. The fraction of sp³-hybridized carbons (Fsp3) is 0.733. The van der Waals surface area contributed by atoms with Crippen molar-refractivity contribution in [3.05, 3.63) is 11.6 Å². The van der Waals surface area contributed by atoms with Crippen LogP contribution in [0, 0.1) is 16.7 Å². The molecule has 1 fully saturated rings. The van der Waals surface area contributed by atoms with Crippen LogP contribution in [-0.4, -0.2) is 34.5 Å². The summed E-state index contributed by atoms with van der Waals surface area (Å²) in [5.41, 5.74) is -2.79. The SMILES string of the molecule is CC1(C)CCCC2(C)[C@H]1[C@@H](O)C=C(C=O)[C@]2(O)C=O. The number of fused-ring (bicyclic) bond motifs is 1. The van der Waals surface area contributed by atoms with Crippen molar-refractivity contribution < 1.29 is 19.8 Å². The van der Waals surface area contributed by atoms with Crippen molar-refractivity contribution in [3.8, 4) is 0 Å². The molecule has 0 aromatic rings. The molecule has 0 heterocycles. The third kappa shape index (κ3) is 1.73. The lowest BCUT2D eigenvalue weighted by atomic mass is 9.46. The van der Waals surface area contributed by atoms with Crippen LogP contribution in [0.3, 0.4) is 0 Å². The molecule has 2 aliphatic rings. The van der Waals surface area contributed by atoms with Gasteiger partial charge >= 0.3 is 0 Å². The van der Waals surface area contributed by atoms with Crippen molar-refractivity contribution in [2.45, 2.75) is 51.7 Å². The zero-order valence-corrected chi connectivity index (χ0v) is 11.7. The molecule has 1 unspecified atom stereocenters. The predicted molar refractivity (Wildman–Crippen MR) is 70.4 cm³/mol. The molecule has 0 aromatic carbocycles. The van der Waals surface area contributed by atoms with Crippen LogP contribution in [0.15, 0.2) is 11.6 Å². The monoisotopic (exact) mass is 266 g/mol. The van der Waals surface area contributed by atoms with Gasteiger partial charge in [-0.15, -0.1) is 0 Å². The van der Waals surface area contributed by atoms with E-state index in [1.807, 2.05) is 20.8 Å². The van der Waals surface area contributed by atoms with Crippen LogP contribution in [0.5, 0.6) is 0 Å². The molecule has 4 heteroatoms. The number of aliphatic hydroxyl groups is 2. The first-order valence-corrected chi connectivity index (χ1v) is 6.77. The lowest BCUT2D eigenvalue weighted by molar-refractivity contribution is -0.174. The van der Waals surface area contributed by atoms with Gasteiger partial charge in [0.2, 0.25) is 0 Å². The van der Waals surface area contributed by atoms with Gasteiger partial charge in [-0.3, -0.25) is 9.59 Å². The van der Waals surface area contributed by atoms with Gasteiger partial charge in [0, 0.05) is 16.9 Å². The summed E-state index contributed by atoms with van der Waals surface area (Å²) in [6, 6.07) is 0. The van der Waals surface area contributed by atoms with Crippen LogP contribution < -0.4 is 0 Å². The number of carbonyl (C=O) groups is 2. The molecule has 0 aliphatic heterocycles. The summed E-state index contributed by atoms with van der Waals surface area (Å²) in [6.07, 6.45) is 3.92. The Kier molecular flexibility index (Phi) is 3.22. The highest BCUT2D eigenvalue weighted by molar-refractivity contribution is 5.88. The summed E-state index contributed by atoms with van der Waals surface area (Å²) in [5.74, 6) is -0.243. The highest BCUT2D eigenvalue weighted by Gasteiger charge is 2.62. The van der Waals surface area contributed by atoms with Crippen LogP contribution in [0.2, 0.25) is 0 Å². The predicted octanol–water partition coefficient (Wildman–Crippen LogP) is 1.25. The largest absolute Gasteiger partial charge is 0.389 e. The zero-order valence-electron chi connectivity index (χ0n) is 11.7. The van der Waals surface area contributed by atoms with Gasteiger partial charge < -0.3 is 10.2 Å². The molecule has 1 saturated carbocycles. The van der Waals surface area contributed by atoms with Crippen molar-refractivity contribution >= 4 is 12.6 Å². The first-order chi connectivity index (χ1) is 8.73. The number of carbonyl (C=O) groups excluding carboxylic acids is 2. The van der Waals surface area contributed by atoms with Gasteiger partial charge in [0.1, 0.15) is 6.29 Å². The van der Waals surface area contributed by atoms with E-state index in [0.717, 1.165) is 12.8 Å². The molecular weight excluding hydrogens is 244 g/mol. The molecule has 4 atom stereocenters. The number of rotatable bonds is 2. The first kappa shape index (κ1) is 14.4. The van der Waals surface area contributed by atoms with E-state index in [-0.39, 0.29) is 16.9 Å². The molecule has 2 aliphatic carbocycles. The van der Waals surface area contributed by atoms with Gasteiger partial charge in [0.05, 0.1) is 6.10 Å². The van der Waals surface area contributed by atoms with Gasteiger partial charge in [-0.25, -0.2) is 0 Å². The number of aldehydes is 2. The number of aliphatic hydroxyl groups excluding tert-OH is 1. The van der Waals surface area contributed by atoms with E-state index >= 15 is 0 Å². The van der Waals surface area contributed by atoms with Gasteiger partial charge in [-0.05, 0) is 24.3 Å². The second-order valence-corrected chi connectivity index (χ2v) is 6.85. The van der Waals surface area contributed by atoms with Crippen molar-refractivity contribution in [3.63, 3.8) is 0 Å². The molecule has 2 N–H and O–H groups in total. The molecule has 0 bridgehead atoms. The molecule has 2 rings (SSSR count). The lowest BCUT2D eigenvalue weighted by Gasteiger charge is -2.59. The van der Waals surface area contributed by atoms with Gasteiger partial charge in [0.15, 0.2) is 11.9 Å². The molecule has 0 aromatic heterocycles. The maximum Gasteiger partial charge on any atom is 0.156 e. The molecular formula is C15H22O4. The second-order valence-electron chi connectivity index (χ2n) is 6.85. The van der Waals surface area contributed by atoms with E-state index in [4.69, 9.17) is 0 Å². The maximum absolute atomic E-state index is 11.5. The molecule has 0 spiro atoms. The average Bonchev–Trinajstić information content (AvgIpc) is 2.32. The molecule has 0 amide bonds. The van der Waals surface area contributed by atoms with Crippen molar-refractivity contribution in [1.29, 1.82) is 0 Å². The van der Waals surface area contributed by atoms with Crippen LogP contribution in [-0.2, 0) is 9.59 Å². The Morgan fingerprint density at radius 3 is 2.42 bits per heavy atom. The summed E-state index contributed by atoms with van der Waals surface area (Å²) in [7, 11) is 0. The summed E-state index contributed by atoms with van der Waals surface area (Å²) in [5, 5.41) is 21.1. The summed E-state index contributed by atoms with van der Waals surface area (Å²) >= 11 is 0. The Bertz CT molecular complexity index is 439. The number of hydrogen-bond acceptors (Lipinski definition) is 4. The van der Waals surface area contributed by atoms with Crippen LogP contribution >= 0.6 is 0 Å². The highest BCUT2D eigenvalue weighted by atomic mass is 16.3. The minimum atomic E-state index is -1.80. The third-order valence-electron chi connectivity index (χ3n) is 5.35. The van der Waals surface area contributed by atoms with Crippen LogP contribution in [0.25, 0.3) is 0 Å². The Labute approximate surface area is 113 Å². The standard InChI is InChI=1S/C15H22O4/c1-13(2)5-4-6-14(3)12(13)11(18)7-10(8-16)15(14,19)9-17/h7-9,11-12,18-19H,4-6H2,1-3H3/t11-,12-,14?,15+/m0/s1. The molecule has 4 nitrogen and oxygen atoms in total. The minimum absolute atomic E-state index is 0.00792. The van der Waals surface area contributed by atoms with E-state index in [9.17, 15) is 19.8 Å². The summed E-state index contributed by atoms with van der Waals surface area (Å²) in [4.78, 5) is 22.7. The highest BCUT2D eigenvalue weighted by Crippen LogP contribution is 2.60. The van der Waals surface area contributed by atoms with Crippen molar-refractivity contribution in [2.24, 2.45) is 16.7 Å². The van der Waals surface area contributed by atoms with E-state index in [1.54, 1.807) is 0 Å². The van der Waals surface area contributed by atoms with E-state index in [2.05, 4.69) is 0 Å². The van der Waals surface area contributed by atoms with E-state index in [1.165, 1.54) is 6.08 Å². The fourth-order valence-electron chi connectivity index (χ4n) is 4.42. The van der Waals surface area contributed by atoms with E-state index < -0.39 is 17.1 Å². The normalized spacial score (nSPS) is 45.0. The Morgan fingerprint density at radius 1 is 1.26 bits per heavy atom. The van der Waals surface area contributed by atoms with Crippen LogP contribution in [0.1, 0.15) is 40.0 Å². The lowest BCUT2D eigenvalue weighted by Crippen LogP contribution is -2.64. The van der Waals surface area contributed by atoms with Crippen molar-refractivity contribution in [2.75, 3.05) is 0 Å². The minimum Gasteiger partial charge on any atom is -0.389 e. The van der Waals surface area contributed by atoms with E-state index in [0.29, 0.717) is 19.0 Å². The fourth-order valence-corrected chi connectivity index (χ4v) is 4.42. The smallest absolute Gasteiger partial charge is 0.156 e. The third-order valence-corrected chi connectivity index (χ3v) is 5.35.